The zero-order valence-electron chi connectivity index (χ0n) is 40.0. The number of halogens is 2. The number of nitrogens with one attached hydrogen (secondary N) is 1. The van der Waals surface area contributed by atoms with Crippen molar-refractivity contribution in [3.8, 4) is 0 Å². The largest absolute Gasteiger partial charge is 0.452 e. The Morgan fingerprint density at radius 1 is 0.671 bits per heavy atom. The van der Waals surface area contributed by atoms with E-state index in [0.717, 1.165) is 11.1 Å². The molecule has 0 saturated carbocycles. The maximum absolute atomic E-state index is 15.0. The van der Waals surface area contributed by atoms with Gasteiger partial charge in [-0.05, 0) is 98.9 Å². The molecule has 384 valence electrons. The lowest BCUT2D eigenvalue weighted by molar-refractivity contribution is -0.135. The third kappa shape index (κ3) is 14.0. The molecule has 8 rings (SSSR count). The molecule has 0 radical (unpaired) electrons. The van der Waals surface area contributed by atoms with Gasteiger partial charge >= 0.3 is 24.1 Å². The highest BCUT2D eigenvalue weighted by molar-refractivity contribution is 7.80. The number of ether oxygens (including phenoxy) is 4. The Morgan fingerprint density at radius 2 is 1.08 bits per heavy atom. The van der Waals surface area contributed by atoms with E-state index in [4.69, 9.17) is 36.9 Å². The van der Waals surface area contributed by atoms with Crippen LogP contribution in [0.25, 0.3) is 0 Å². The number of amides is 4. The maximum Gasteiger partial charge on any atom is 0.414 e. The molecule has 4 amide bonds. The zero-order chi connectivity index (χ0) is 52.2. The van der Waals surface area contributed by atoms with Gasteiger partial charge < -0.3 is 49.6 Å². The molecule has 4 fully saturated rings. The van der Waals surface area contributed by atoms with Crippen LogP contribution in [0.4, 0.5) is 41.1 Å². The van der Waals surface area contributed by atoms with Gasteiger partial charge in [0, 0.05) is 52.4 Å². The van der Waals surface area contributed by atoms with Crippen LogP contribution in [0.15, 0.2) is 89.9 Å². The average molecular weight is 1040 g/mol. The molecule has 3 N–H and O–H groups in total. The lowest BCUT2D eigenvalue weighted by Crippen LogP contribution is -2.50. The van der Waals surface area contributed by atoms with Gasteiger partial charge in [0.1, 0.15) is 23.8 Å². The van der Waals surface area contributed by atoms with Gasteiger partial charge in [-0.1, -0.05) is 35.4 Å². The van der Waals surface area contributed by atoms with Crippen molar-refractivity contribution in [2.75, 3.05) is 111 Å². The van der Waals surface area contributed by atoms with Crippen molar-refractivity contribution < 1.29 is 56.5 Å². The Labute approximate surface area is 430 Å². The molecule has 23 heteroatoms. The number of isothiocyanates is 1. The van der Waals surface area contributed by atoms with Gasteiger partial charge in [0.2, 0.25) is 0 Å². The van der Waals surface area contributed by atoms with Crippen LogP contribution in [0.5, 0.6) is 0 Å². The second-order valence-electron chi connectivity index (χ2n) is 17.3. The van der Waals surface area contributed by atoms with E-state index in [1.807, 2.05) is 23.6 Å². The Balaban J connectivity index is 0.000000214. The van der Waals surface area contributed by atoms with Gasteiger partial charge in [-0.15, -0.1) is 0 Å². The van der Waals surface area contributed by atoms with Gasteiger partial charge in [0.15, 0.2) is 18.3 Å². The van der Waals surface area contributed by atoms with Crippen molar-refractivity contribution in [1.82, 2.24) is 15.1 Å². The van der Waals surface area contributed by atoms with Crippen LogP contribution in [-0.4, -0.2) is 160 Å². The summed E-state index contributed by atoms with van der Waals surface area (Å²) in [7, 11) is 0. The average Bonchev–Trinajstić information content (AvgIpc) is 3.97. The number of cyclic esters (lactones) is 2. The molecule has 4 aromatic rings. The number of aryl methyl sites for hydroxylation is 2. The normalized spacial score (nSPS) is 17.4. The van der Waals surface area contributed by atoms with Gasteiger partial charge in [0.25, 0.3) is 11.8 Å². The smallest absolute Gasteiger partial charge is 0.414 e. The first-order chi connectivity index (χ1) is 35.1. The van der Waals surface area contributed by atoms with Crippen LogP contribution in [0, 0.1) is 25.5 Å². The number of carbonyl (C=O) groups excluding carboxylic acids is 6. The van der Waals surface area contributed by atoms with Crippen molar-refractivity contribution in [3.05, 3.63) is 119 Å². The number of anilines is 4. The van der Waals surface area contributed by atoms with Crippen molar-refractivity contribution in [2.45, 2.75) is 26.1 Å². The molecule has 4 heterocycles. The number of nitrogens with two attached hydrogens (primary N) is 1. The van der Waals surface area contributed by atoms with Gasteiger partial charge in [-0.2, -0.15) is 0 Å². The Morgan fingerprint density at radius 3 is 1.48 bits per heavy atom. The predicted octanol–water partition coefficient (Wildman–Crippen LogP) is 4.87. The Hall–Kier alpha value is -7.75. The van der Waals surface area contributed by atoms with Crippen molar-refractivity contribution >= 4 is 93.4 Å². The maximum atomic E-state index is 15.0. The molecule has 4 aliphatic rings. The third-order valence-corrected chi connectivity index (χ3v) is 12.5. The van der Waals surface area contributed by atoms with E-state index in [1.165, 1.54) is 21.9 Å². The van der Waals surface area contributed by atoms with E-state index in [9.17, 15) is 33.2 Å². The van der Waals surface area contributed by atoms with Crippen molar-refractivity contribution in [2.24, 2.45) is 10.7 Å². The van der Waals surface area contributed by atoms with Crippen LogP contribution < -0.4 is 30.7 Å². The number of thiocarbonyl (C=S) groups is 2. The van der Waals surface area contributed by atoms with Crippen LogP contribution in [0.1, 0.15) is 31.8 Å². The quantitative estimate of drug-likeness (QED) is 0.0748. The highest BCUT2D eigenvalue weighted by Gasteiger charge is 2.35. The standard InChI is InChI=1S/C25H28FN5O5S.C25H25FN4O5S/c1-16-2-4-17(5-3-16)23(33)35-15-22(32)30-10-8-29(9-11-30)21-7-6-18(12-20(21)26)31-14-19(36-25(31)34)13-28-24(27)37;1-17-2-4-18(5-3-17)24(32)34-15-23(31)29-10-8-28(9-11-29)22-7-6-19(12-21(22)26)30-14-20(13-27-16-36)35-25(30)33/h2-7,12,19H,8-11,13-15H2,1H3,(H3,27,28,37);2-7,12,20H,8-11,13-15H2,1H3/t19-;20-/m00/s1. The fourth-order valence-corrected chi connectivity index (χ4v) is 8.39. The number of hydrogen-bond donors (Lipinski definition) is 2. The van der Waals surface area contributed by atoms with E-state index < -0.39 is 48.0 Å². The number of benzene rings is 4. The first-order valence-electron chi connectivity index (χ1n) is 23.2. The lowest BCUT2D eigenvalue weighted by Gasteiger charge is -2.36. The molecule has 0 bridgehead atoms. The molecule has 4 aromatic carbocycles. The summed E-state index contributed by atoms with van der Waals surface area (Å²) in [6.07, 6.45) is -2.06. The number of aliphatic imine (C=N–C) groups is 1. The minimum absolute atomic E-state index is 0.106. The van der Waals surface area contributed by atoms with Crippen molar-refractivity contribution in [3.63, 3.8) is 0 Å². The van der Waals surface area contributed by atoms with Gasteiger partial charge in [-0.25, -0.2) is 33.0 Å². The fourth-order valence-electron chi connectivity index (χ4n) is 8.24. The Bertz CT molecular complexity index is 2750. The summed E-state index contributed by atoms with van der Waals surface area (Å²) in [5.74, 6) is -2.67. The molecule has 0 aliphatic carbocycles. The van der Waals surface area contributed by atoms with E-state index >= 15 is 4.39 Å². The molecule has 4 aliphatic heterocycles. The second kappa shape index (κ2) is 24.6. The first kappa shape index (κ1) is 53.1. The number of nitrogens with zero attached hydrogens (tertiary/aromatic N) is 7. The molecule has 2 atom stereocenters. The third-order valence-electron chi connectivity index (χ3n) is 12.3. The Kier molecular flexibility index (Phi) is 17.9. The molecule has 0 spiro atoms. The second-order valence-corrected chi connectivity index (χ2v) is 17.9. The highest BCUT2D eigenvalue weighted by atomic mass is 32.1. The minimum atomic E-state index is -0.572. The molecule has 73 heavy (non-hydrogen) atoms. The summed E-state index contributed by atoms with van der Waals surface area (Å²) >= 11 is 9.29. The number of piperazine rings is 2. The number of carbonyl (C=O) groups is 6. The summed E-state index contributed by atoms with van der Waals surface area (Å²) in [6, 6.07) is 22.9. The SMILES string of the molecule is Cc1ccc(C(=O)OCC(=O)N2CCN(c3ccc(N4C[C@H](CN=C=S)OC4=O)cc3F)CC2)cc1.Cc1ccc(C(=O)OCC(=O)N2CCN(c3ccc(N4C[C@H](CNC(N)=S)OC4=O)cc3F)CC2)cc1. The summed E-state index contributed by atoms with van der Waals surface area (Å²) in [5, 5.41) is 5.09. The fraction of sp³-hybridized carbons (Fsp3) is 0.360. The molecule has 4 saturated heterocycles. The number of hydrogen-bond acceptors (Lipinski definition) is 15. The lowest BCUT2D eigenvalue weighted by atomic mass is 10.1. The van der Waals surface area contributed by atoms with Gasteiger partial charge in [-0.3, -0.25) is 19.4 Å². The number of rotatable bonds is 14. The summed E-state index contributed by atoms with van der Waals surface area (Å²) in [4.78, 5) is 87.0. The topological polar surface area (TPSA) is 209 Å². The monoisotopic (exact) mass is 1040 g/mol. The molecular weight excluding hydrogens is 989 g/mol. The molecule has 0 aromatic heterocycles. The van der Waals surface area contributed by atoms with Crippen LogP contribution in [0.3, 0.4) is 0 Å². The van der Waals surface area contributed by atoms with Crippen LogP contribution in [0.2, 0.25) is 0 Å². The minimum Gasteiger partial charge on any atom is -0.452 e. The highest BCUT2D eigenvalue weighted by Crippen LogP contribution is 2.30. The molecule has 19 nitrogen and oxygen atoms in total. The summed E-state index contributed by atoms with van der Waals surface area (Å²) in [6.45, 7) is 7.18. The first-order valence-corrected chi connectivity index (χ1v) is 24.0. The van der Waals surface area contributed by atoms with Gasteiger partial charge in [0.05, 0.1) is 65.2 Å². The number of esters is 2. The summed E-state index contributed by atoms with van der Waals surface area (Å²) in [5.41, 5.74) is 9.75. The van der Waals surface area contributed by atoms with Crippen molar-refractivity contribution in [1.29, 1.82) is 0 Å². The van der Waals surface area contributed by atoms with E-state index in [0.29, 0.717) is 86.2 Å². The van der Waals surface area contributed by atoms with E-state index in [1.54, 1.807) is 82.6 Å². The molecular formula is C50H53F2N9O10S2. The van der Waals surface area contributed by atoms with Crippen LogP contribution >= 0.6 is 24.4 Å². The molecule has 0 unspecified atom stereocenters. The predicted molar refractivity (Wildman–Crippen MR) is 273 cm³/mol. The zero-order valence-corrected chi connectivity index (χ0v) is 41.6. The van der Waals surface area contributed by atoms with E-state index in [2.05, 4.69) is 27.7 Å². The van der Waals surface area contributed by atoms with Crippen LogP contribution in [-0.2, 0) is 28.5 Å². The van der Waals surface area contributed by atoms with E-state index in [-0.39, 0.29) is 56.3 Å². The summed E-state index contributed by atoms with van der Waals surface area (Å²) < 4.78 is 50.8.